The van der Waals surface area contributed by atoms with E-state index in [1.54, 1.807) is 6.07 Å². The molecule has 0 unspecified atom stereocenters. The number of amidine groups is 1. The summed E-state index contributed by atoms with van der Waals surface area (Å²) in [7, 11) is 0. The Morgan fingerprint density at radius 2 is 2.31 bits per heavy atom. The Bertz CT molecular complexity index is 341. The molecule has 0 saturated heterocycles. The van der Waals surface area contributed by atoms with Gasteiger partial charge in [0.2, 0.25) is 0 Å². The first-order chi connectivity index (χ1) is 6.13. The van der Waals surface area contributed by atoms with Crippen LogP contribution in [0.2, 0.25) is 5.02 Å². The van der Waals surface area contributed by atoms with E-state index in [-0.39, 0.29) is 5.02 Å². The first-order valence-corrected chi connectivity index (χ1v) is 5.12. The van der Waals surface area contributed by atoms with Crippen molar-refractivity contribution in [2.75, 3.05) is 6.26 Å². The van der Waals surface area contributed by atoms with Crippen molar-refractivity contribution in [3.05, 3.63) is 29.0 Å². The van der Waals surface area contributed by atoms with Crippen molar-refractivity contribution < 1.29 is 9.38 Å². The van der Waals surface area contributed by atoms with Crippen molar-refractivity contribution in [2.45, 2.75) is 0 Å². The predicted octanol–water partition coefficient (Wildman–Crippen LogP) is 0.869. The lowest BCUT2D eigenvalue weighted by atomic mass is 10.3. The number of nitrogens with one attached hydrogen (secondary N) is 1. The summed E-state index contributed by atoms with van der Waals surface area (Å²) in [5.41, 5.74) is 6.20. The molecule has 0 amide bonds. The van der Waals surface area contributed by atoms with E-state index in [1.165, 1.54) is 23.9 Å². The molecule has 0 aliphatic heterocycles. The van der Waals surface area contributed by atoms with Crippen LogP contribution in [0.4, 0.5) is 10.1 Å². The number of thioether (sulfide) groups is 1. The zero-order chi connectivity index (χ0) is 9.84. The van der Waals surface area contributed by atoms with Gasteiger partial charge in [-0.15, -0.1) is 0 Å². The van der Waals surface area contributed by atoms with Crippen LogP contribution < -0.4 is 10.7 Å². The largest absolute Gasteiger partial charge is 0.306 e. The van der Waals surface area contributed by atoms with Crippen LogP contribution in [0.5, 0.6) is 0 Å². The third kappa shape index (κ3) is 2.90. The van der Waals surface area contributed by atoms with Crippen LogP contribution in [0.25, 0.3) is 0 Å². The van der Waals surface area contributed by atoms with Gasteiger partial charge in [-0.2, -0.15) is 0 Å². The van der Waals surface area contributed by atoms with Crippen LogP contribution in [0.1, 0.15) is 0 Å². The lowest BCUT2D eigenvalue weighted by Crippen LogP contribution is -2.68. The van der Waals surface area contributed by atoms with Gasteiger partial charge in [-0.25, -0.2) is 9.38 Å². The monoisotopic (exact) mass is 219 g/mol. The van der Waals surface area contributed by atoms with Gasteiger partial charge in [0.05, 0.1) is 5.02 Å². The lowest BCUT2D eigenvalue weighted by Gasteiger charge is -1.94. The molecule has 0 bridgehead atoms. The van der Waals surface area contributed by atoms with Crippen molar-refractivity contribution in [3.8, 4) is 0 Å². The molecule has 0 fully saturated rings. The maximum atomic E-state index is 12.7. The van der Waals surface area contributed by atoms with Crippen LogP contribution >= 0.6 is 23.4 Å². The third-order valence-electron chi connectivity index (χ3n) is 1.41. The average molecular weight is 220 g/mol. The van der Waals surface area contributed by atoms with E-state index >= 15 is 0 Å². The van der Waals surface area contributed by atoms with Crippen molar-refractivity contribution in [3.63, 3.8) is 0 Å². The minimum absolute atomic E-state index is 0.0823. The molecule has 0 heterocycles. The van der Waals surface area contributed by atoms with Gasteiger partial charge < -0.3 is 0 Å². The first kappa shape index (κ1) is 10.3. The Morgan fingerprint density at radius 1 is 1.62 bits per heavy atom. The van der Waals surface area contributed by atoms with E-state index < -0.39 is 5.82 Å². The molecule has 0 aliphatic rings. The molecule has 1 aromatic rings. The summed E-state index contributed by atoms with van der Waals surface area (Å²) in [6, 6.07) is 4.35. The van der Waals surface area contributed by atoms with Gasteiger partial charge in [-0.05, 0) is 30.2 Å². The Hall–Kier alpha value is -0.740. The second-order valence-corrected chi connectivity index (χ2v) is 3.58. The minimum atomic E-state index is -0.435. The van der Waals surface area contributed by atoms with Gasteiger partial charge in [-0.1, -0.05) is 11.6 Å². The standard InChI is InChI=1S/C8H8ClFN2S/c1-13-8(11)12-5-2-3-7(10)6(9)4-5/h2-4H,1H3,(H2,11,12)/p+1. The molecule has 70 valence electrons. The van der Waals surface area contributed by atoms with Crippen LogP contribution in [0.3, 0.4) is 0 Å². The minimum Gasteiger partial charge on any atom is -0.281 e. The summed E-state index contributed by atoms with van der Waals surface area (Å²) in [5, 5.41) is 0.626. The molecule has 13 heavy (non-hydrogen) atoms. The van der Waals surface area contributed by atoms with Crippen molar-refractivity contribution in [1.29, 1.82) is 0 Å². The number of halogens is 2. The Kier molecular flexibility index (Phi) is 3.57. The third-order valence-corrected chi connectivity index (χ3v) is 2.24. The molecule has 1 rings (SSSR count). The molecule has 5 heteroatoms. The number of hydrogen-bond acceptors (Lipinski definition) is 1. The van der Waals surface area contributed by atoms with Crippen molar-refractivity contribution in [2.24, 2.45) is 5.73 Å². The van der Waals surface area contributed by atoms with Crippen LogP contribution in [-0.4, -0.2) is 11.4 Å². The normalized spacial score (nSPS) is 11.8. The summed E-state index contributed by atoms with van der Waals surface area (Å²) >= 11 is 6.94. The second kappa shape index (κ2) is 4.48. The molecule has 3 N–H and O–H groups in total. The fraction of sp³-hybridized carbons (Fsp3) is 0.125. The van der Waals surface area contributed by atoms with Gasteiger partial charge in [0, 0.05) is 6.07 Å². The fourth-order valence-electron chi connectivity index (χ4n) is 0.767. The highest BCUT2D eigenvalue weighted by molar-refractivity contribution is 8.12. The molecular weight excluding hydrogens is 211 g/mol. The average Bonchev–Trinajstić information content (AvgIpc) is 2.11. The van der Waals surface area contributed by atoms with Gasteiger partial charge in [0.25, 0.3) is 0 Å². The van der Waals surface area contributed by atoms with Gasteiger partial charge in [-0.3, -0.25) is 5.73 Å². The molecule has 0 aromatic heterocycles. The predicted molar refractivity (Wildman–Crippen MR) is 54.7 cm³/mol. The van der Waals surface area contributed by atoms with E-state index in [4.69, 9.17) is 17.3 Å². The number of hydrogen-bond donors (Lipinski definition) is 2. The molecular formula is C8H9ClFN2S+. The van der Waals surface area contributed by atoms with E-state index in [0.29, 0.717) is 10.9 Å². The Morgan fingerprint density at radius 3 is 2.85 bits per heavy atom. The molecule has 0 spiro atoms. The Balaban J connectivity index is 2.98. The van der Waals surface area contributed by atoms with Gasteiger partial charge in [0.15, 0.2) is 0 Å². The fourth-order valence-corrected chi connectivity index (χ4v) is 1.17. The molecule has 0 aliphatic carbocycles. The maximum absolute atomic E-state index is 12.7. The van der Waals surface area contributed by atoms with Crippen molar-refractivity contribution >= 4 is 34.2 Å². The van der Waals surface area contributed by atoms with Gasteiger partial charge in [0.1, 0.15) is 11.5 Å². The second-order valence-electron chi connectivity index (χ2n) is 2.32. The van der Waals surface area contributed by atoms with Gasteiger partial charge >= 0.3 is 5.17 Å². The summed E-state index contributed by atoms with van der Waals surface area (Å²) in [6.07, 6.45) is 1.84. The smallest absolute Gasteiger partial charge is 0.281 e. The van der Waals surface area contributed by atoms with E-state index in [1.807, 2.05) is 6.26 Å². The molecule has 0 radical (unpaired) electrons. The van der Waals surface area contributed by atoms with E-state index in [0.717, 1.165) is 0 Å². The number of benzene rings is 1. The summed E-state index contributed by atoms with van der Waals surface area (Å²) in [6.45, 7) is 0. The molecule has 0 saturated carbocycles. The lowest BCUT2D eigenvalue weighted by molar-refractivity contribution is -0.351. The molecule has 1 aromatic carbocycles. The SMILES string of the molecule is CSC(N)=[NH+]c1ccc(F)c(Cl)c1. The Labute approximate surface area is 85.0 Å². The zero-order valence-electron chi connectivity index (χ0n) is 6.97. The van der Waals surface area contributed by atoms with E-state index in [9.17, 15) is 4.39 Å². The van der Waals surface area contributed by atoms with E-state index in [2.05, 4.69) is 4.99 Å². The summed E-state index contributed by atoms with van der Waals surface area (Å²) in [5.74, 6) is -0.435. The van der Waals surface area contributed by atoms with Crippen LogP contribution in [0.15, 0.2) is 18.2 Å². The quantitative estimate of drug-likeness (QED) is 0.544. The highest BCUT2D eigenvalue weighted by Gasteiger charge is 2.02. The molecule has 0 atom stereocenters. The maximum Gasteiger partial charge on any atom is 0.306 e. The zero-order valence-corrected chi connectivity index (χ0v) is 8.55. The summed E-state index contributed by atoms with van der Waals surface area (Å²) < 4.78 is 12.7. The van der Waals surface area contributed by atoms with Crippen molar-refractivity contribution in [1.82, 2.24) is 0 Å². The first-order valence-electron chi connectivity index (χ1n) is 3.52. The topological polar surface area (TPSA) is 40.0 Å². The number of nitrogens with two attached hydrogens (primary N) is 1. The highest BCUT2D eigenvalue weighted by Crippen LogP contribution is 2.15. The van der Waals surface area contributed by atoms with Crippen LogP contribution in [-0.2, 0) is 0 Å². The summed E-state index contributed by atoms with van der Waals surface area (Å²) in [4.78, 5) is 2.87. The number of rotatable bonds is 1. The molecule has 2 nitrogen and oxygen atoms in total. The highest BCUT2D eigenvalue weighted by atomic mass is 35.5. The van der Waals surface area contributed by atoms with Crippen LogP contribution in [0, 0.1) is 5.82 Å².